The summed E-state index contributed by atoms with van der Waals surface area (Å²) in [5.41, 5.74) is 2.48. The van der Waals surface area contributed by atoms with Crippen LogP contribution < -0.4 is 5.32 Å². The molecule has 0 aromatic carbocycles. The van der Waals surface area contributed by atoms with Gasteiger partial charge >= 0.3 is 0 Å². The summed E-state index contributed by atoms with van der Waals surface area (Å²) in [5, 5.41) is 8.09. The van der Waals surface area contributed by atoms with Crippen molar-refractivity contribution in [2.24, 2.45) is 18.9 Å². The molecule has 0 radical (unpaired) electrons. The van der Waals surface area contributed by atoms with Crippen LogP contribution in [0.2, 0.25) is 0 Å². The molecule has 0 spiro atoms. The van der Waals surface area contributed by atoms with Gasteiger partial charge in [0.25, 0.3) is 0 Å². The third kappa shape index (κ3) is 4.60. The van der Waals surface area contributed by atoms with Gasteiger partial charge in [0.1, 0.15) is 0 Å². The van der Waals surface area contributed by atoms with Gasteiger partial charge in [0.15, 0.2) is 0 Å². The molecule has 0 saturated carbocycles. The third-order valence-corrected chi connectivity index (χ3v) is 4.75. The van der Waals surface area contributed by atoms with Crippen molar-refractivity contribution in [1.82, 2.24) is 15.1 Å². The Labute approximate surface area is 126 Å². The second-order valence-electron chi connectivity index (χ2n) is 5.91. The molecular weight excluding hydrogens is 302 g/mol. The Bertz CT molecular complexity index is 398. The maximum atomic E-state index is 4.57. The molecule has 1 aromatic rings. The van der Waals surface area contributed by atoms with E-state index < -0.39 is 0 Å². The number of aryl methyl sites for hydroxylation is 2. The van der Waals surface area contributed by atoms with Crippen LogP contribution in [-0.4, -0.2) is 22.4 Å². The van der Waals surface area contributed by atoms with Crippen LogP contribution in [0.5, 0.6) is 0 Å². The summed E-state index contributed by atoms with van der Waals surface area (Å²) in [6.07, 6.45) is 2.05. The minimum Gasteiger partial charge on any atom is -0.314 e. The summed E-state index contributed by atoms with van der Waals surface area (Å²) in [4.78, 5) is 0. The summed E-state index contributed by atoms with van der Waals surface area (Å²) >= 11 is 3.70. The molecular formula is C15H28BrN3. The smallest absolute Gasteiger partial charge is 0.0766 e. The molecule has 0 fully saturated rings. The van der Waals surface area contributed by atoms with Crippen LogP contribution >= 0.6 is 15.9 Å². The van der Waals surface area contributed by atoms with Crippen molar-refractivity contribution in [1.29, 1.82) is 0 Å². The molecule has 1 N–H and O–H groups in total. The number of nitrogens with zero attached hydrogens (tertiary/aromatic N) is 2. The van der Waals surface area contributed by atoms with Crippen LogP contribution in [0.25, 0.3) is 0 Å². The molecule has 0 saturated heterocycles. The average molecular weight is 330 g/mol. The first-order chi connectivity index (χ1) is 8.86. The molecule has 1 heterocycles. The zero-order chi connectivity index (χ0) is 14.6. The minimum atomic E-state index is 0.560. The van der Waals surface area contributed by atoms with E-state index in [0.29, 0.717) is 17.9 Å². The molecule has 110 valence electrons. The van der Waals surface area contributed by atoms with Crippen LogP contribution in [0.3, 0.4) is 0 Å². The Balaban J connectivity index is 2.66. The lowest BCUT2D eigenvalue weighted by Crippen LogP contribution is -2.31. The topological polar surface area (TPSA) is 29.9 Å². The van der Waals surface area contributed by atoms with E-state index >= 15 is 0 Å². The molecule has 0 bridgehead atoms. The maximum absolute atomic E-state index is 4.57. The second-order valence-corrected chi connectivity index (χ2v) is 6.70. The van der Waals surface area contributed by atoms with Gasteiger partial charge in [-0.3, -0.25) is 4.68 Å². The van der Waals surface area contributed by atoms with E-state index in [-0.39, 0.29) is 0 Å². The first kappa shape index (κ1) is 16.7. The van der Waals surface area contributed by atoms with Crippen molar-refractivity contribution < 1.29 is 0 Å². The van der Waals surface area contributed by atoms with Gasteiger partial charge in [-0.05, 0) is 47.2 Å². The maximum Gasteiger partial charge on any atom is 0.0766 e. The van der Waals surface area contributed by atoms with E-state index in [1.807, 2.05) is 11.7 Å². The molecule has 3 nitrogen and oxygen atoms in total. The van der Waals surface area contributed by atoms with Crippen molar-refractivity contribution in [2.45, 2.75) is 53.5 Å². The standard InChI is InChI=1S/C15H28BrN3/c1-7-13-15(16)14(19(6)18-13)8-11(4)12(5)9-17-10(2)3/h10-12,17H,7-9H2,1-6H3. The summed E-state index contributed by atoms with van der Waals surface area (Å²) < 4.78 is 3.23. The van der Waals surface area contributed by atoms with Crippen molar-refractivity contribution >= 4 is 15.9 Å². The van der Waals surface area contributed by atoms with Crippen LogP contribution in [0.15, 0.2) is 4.47 Å². The van der Waals surface area contributed by atoms with Crippen molar-refractivity contribution in [3.8, 4) is 0 Å². The zero-order valence-corrected chi connectivity index (χ0v) is 14.7. The molecule has 0 aliphatic heterocycles. The number of nitrogens with one attached hydrogen (secondary N) is 1. The highest BCUT2D eigenvalue weighted by Gasteiger charge is 2.19. The lowest BCUT2D eigenvalue weighted by Gasteiger charge is -2.22. The van der Waals surface area contributed by atoms with Gasteiger partial charge in [-0.25, -0.2) is 0 Å². The van der Waals surface area contributed by atoms with E-state index in [0.717, 1.165) is 25.1 Å². The molecule has 0 aliphatic rings. The Morgan fingerprint density at radius 2 is 1.84 bits per heavy atom. The summed E-state index contributed by atoms with van der Waals surface area (Å²) in [6, 6.07) is 0.560. The lowest BCUT2D eigenvalue weighted by atomic mass is 9.91. The highest BCUT2D eigenvalue weighted by Crippen LogP contribution is 2.26. The monoisotopic (exact) mass is 329 g/mol. The highest BCUT2D eigenvalue weighted by molar-refractivity contribution is 9.10. The van der Waals surface area contributed by atoms with Crippen LogP contribution in [-0.2, 0) is 19.9 Å². The van der Waals surface area contributed by atoms with Gasteiger partial charge in [-0.1, -0.05) is 34.6 Å². The van der Waals surface area contributed by atoms with Crippen molar-refractivity contribution in [2.75, 3.05) is 6.54 Å². The molecule has 1 rings (SSSR count). The Hall–Kier alpha value is -0.350. The number of hydrogen-bond acceptors (Lipinski definition) is 2. The molecule has 2 unspecified atom stereocenters. The number of aromatic nitrogens is 2. The minimum absolute atomic E-state index is 0.560. The fourth-order valence-corrected chi connectivity index (χ4v) is 2.95. The lowest BCUT2D eigenvalue weighted by molar-refractivity contribution is 0.348. The van der Waals surface area contributed by atoms with E-state index in [1.165, 1.54) is 10.2 Å². The molecule has 4 heteroatoms. The number of halogens is 1. The van der Waals surface area contributed by atoms with Gasteiger partial charge < -0.3 is 5.32 Å². The predicted octanol–water partition coefficient (Wildman–Crippen LogP) is 3.56. The van der Waals surface area contributed by atoms with Gasteiger partial charge in [0.05, 0.1) is 15.9 Å². The van der Waals surface area contributed by atoms with Crippen LogP contribution in [0.4, 0.5) is 0 Å². The average Bonchev–Trinajstić information content (AvgIpc) is 2.62. The van der Waals surface area contributed by atoms with E-state index in [9.17, 15) is 0 Å². The zero-order valence-electron chi connectivity index (χ0n) is 13.1. The molecule has 1 aromatic heterocycles. The fourth-order valence-electron chi connectivity index (χ4n) is 2.17. The summed E-state index contributed by atoms with van der Waals surface area (Å²) in [7, 11) is 2.04. The number of hydrogen-bond donors (Lipinski definition) is 1. The molecule has 2 atom stereocenters. The molecule has 0 aliphatic carbocycles. The Kier molecular flexibility index (Phi) is 6.54. The molecule has 19 heavy (non-hydrogen) atoms. The van der Waals surface area contributed by atoms with E-state index in [1.54, 1.807) is 0 Å². The fraction of sp³-hybridized carbons (Fsp3) is 0.800. The van der Waals surface area contributed by atoms with Crippen LogP contribution in [0, 0.1) is 11.8 Å². The predicted molar refractivity (Wildman–Crippen MR) is 85.5 cm³/mol. The Morgan fingerprint density at radius 3 is 2.32 bits per heavy atom. The van der Waals surface area contributed by atoms with Crippen molar-refractivity contribution in [3.63, 3.8) is 0 Å². The third-order valence-electron chi connectivity index (χ3n) is 3.84. The quantitative estimate of drug-likeness (QED) is 0.828. The summed E-state index contributed by atoms with van der Waals surface area (Å²) in [5.74, 6) is 1.30. The van der Waals surface area contributed by atoms with Crippen LogP contribution in [0.1, 0.15) is 46.0 Å². The second kappa shape index (κ2) is 7.44. The number of rotatable bonds is 7. The van der Waals surface area contributed by atoms with Gasteiger partial charge in [0, 0.05) is 13.1 Å². The van der Waals surface area contributed by atoms with Gasteiger partial charge in [-0.2, -0.15) is 5.10 Å². The normalized spacial score (nSPS) is 14.9. The first-order valence-corrected chi connectivity index (χ1v) is 8.09. The largest absolute Gasteiger partial charge is 0.314 e. The highest BCUT2D eigenvalue weighted by atomic mass is 79.9. The first-order valence-electron chi connectivity index (χ1n) is 7.30. The Morgan fingerprint density at radius 1 is 1.21 bits per heavy atom. The van der Waals surface area contributed by atoms with Gasteiger partial charge in [-0.15, -0.1) is 0 Å². The van der Waals surface area contributed by atoms with Crippen molar-refractivity contribution in [3.05, 3.63) is 15.9 Å². The van der Waals surface area contributed by atoms with Gasteiger partial charge in [0.2, 0.25) is 0 Å². The molecule has 0 amide bonds. The summed E-state index contributed by atoms with van der Waals surface area (Å²) in [6.45, 7) is 12.3. The SMILES string of the molecule is CCc1nn(C)c(CC(C)C(C)CNC(C)C)c1Br. The van der Waals surface area contributed by atoms with E-state index in [2.05, 4.69) is 61.0 Å². The van der Waals surface area contributed by atoms with E-state index in [4.69, 9.17) is 0 Å².